The fourth-order valence-electron chi connectivity index (χ4n) is 2.57. The van der Waals surface area contributed by atoms with Crippen molar-refractivity contribution in [3.8, 4) is 0 Å². The summed E-state index contributed by atoms with van der Waals surface area (Å²) in [5.74, 6) is 0.944. The third-order valence-corrected chi connectivity index (χ3v) is 3.61. The number of likely N-dealkylation sites (N-methyl/N-ethyl adjacent to an activating group) is 1. The summed E-state index contributed by atoms with van der Waals surface area (Å²) in [4.78, 5) is 12.6. The summed E-state index contributed by atoms with van der Waals surface area (Å²) in [6, 6.07) is 8.46. The van der Waals surface area contributed by atoms with Crippen LogP contribution in [0.1, 0.15) is 0 Å². The molecule has 3 rings (SSSR count). The standard InChI is InChI=1S/C13H19N5/c1-17-6-7-18(10(8-14)9-17)13-15-11-4-2-3-5-12(11)16-13/h2-5,10H,6-9,14H2,1H3,(H,15,16). The number of benzene rings is 1. The van der Waals surface area contributed by atoms with Gasteiger partial charge in [0.1, 0.15) is 0 Å². The van der Waals surface area contributed by atoms with Crippen LogP contribution < -0.4 is 10.6 Å². The number of anilines is 1. The van der Waals surface area contributed by atoms with Gasteiger partial charge in [-0.1, -0.05) is 12.1 Å². The number of hydrogen-bond donors (Lipinski definition) is 2. The molecule has 0 amide bonds. The molecule has 96 valence electrons. The summed E-state index contributed by atoms with van der Waals surface area (Å²) in [5.41, 5.74) is 7.98. The Bertz CT molecular complexity index is 502. The summed E-state index contributed by atoms with van der Waals surface area (Å²) < 4.78 is 0. The van der Waals surface area contributed by atoms with E-state index in [-0.39, 0.29) is 0 Å². The quantitative estimate of drug-likeness (QED) is 0.815. The smallest absolute Gasteiger partial charge is 0.204 e. The van der Waals surface area contributed by atoms with Crippen molar-refractivity contribution in [2.24, 2.45) is 5.73 Å². The molecule has 1 unspecified atom stereocenters. The van der Waals surface area contributed by atoms with Gasteiger partial charge in [0, 0.05) is 26.2 Å². The van der Waals surface area contributed by atoms with Crippen LogP contribution in [-0.2, 0) is 0 Å². The van der Waals surface area contributed by atoms with Crippen LogP contribution in [0.3, 0.4) is 0 Å². The van der Waals surface area contributed by atoms with Crippen LogP contribution in [0.4, 0.5) is 5.95 Å². The summed E-state index contributed by atoms with van der Waals surface area (Å²) in [5, 5.41) is 0. The van der Waals surface area contributed by atoms with Gasteiger partial charge >= 0.3 is 0 Å². The molecule has 1 aromatic carbocycles. The molecule has 1 aliphatic rings. The van der Waals surface area contributed by atoms with Gasteiger partial charge in [0.15, 0.2) is 0 Å². The van der Waals surface area contributed by atoms with Crippen LogP contribution in [0.15, 0.2) is 24.3 Å². The number of imidazole rings is 1. The normalized spacial score (nSPS) is 21.7. The Kier molecular flexibility index (Phi) is 2.93. The molecule has 0 aliphatic carbocycles. The highest BCUT2D eigenvalue weighted by Crippen LogP contribution is 2.20. The molecule has 2 aromatic rings. The Hall–Kier alpha value is -1.59. The molecule has 1 fully saturated rings. The summed E-state index contributed by atoms with van der Waals surface area (Å²) in [7, 11) is 2.14. The maximum atomic E-state index is 5.88. The molecule has 2 heterocycles. The first-order chi connectivity index (χ1) is 8.78. The van der Waals surface area contributed by atoms with Crippen molar-refractivity contribution >= 4 is 17.0 Å². The van der Waals surface area contributed by atoms with E-state index in [1.54, 1.807) is 0 Å². The van der Waals surface area contributed by atoms with Crippen molar-refractivity contribution in [3.05, 3.63) is 24.3 Å². The van der Waals surface area contributed by atoms with Gasteiger partial charge in [-0.05, 0) is 19.2 Å². The van der Waals surface area contributed by atoms with Crippen LogP contribution in [0.25, 0.3) is 11.0 Å². The lowest BCUT2D eigenvalue weighted by Crippen LogP contribution is -2.55. The van der Waals surface area contributed by atoms with Crippen molar-refractivity contribution < 1.29 is 0 Å². The molecule has 5 heteroatoms. The zero-order valence-electron chi connectivity index (χ0n) is 10.6. The first kappa shape index (κ1) is 11.5. The van der Waals surface area contributed by atoms with E-state index in [2.05, 4.69) is 32.9 Å². The first-order valence-electron chi connectivity index (χ1n) is 6.38. The van der Waals surface area contributed by atoms with Crippen LogP contribution in [-0.4, -0.2) is 54.1 Å². The van der Waals surface area contributed by atoms with Crippen LogP contribution in [0.2, 0.25) is 0 Å². The van der Waals surface area contributed by atoms with Crippen molar-refractivity contribution in [2.45, 2.75) is 6.04 Å². The topological polar surface area (TPSA) is 61.2 Å². The minimum absolute atomic E-state index is 0.337. The summed E-state index contributed by atoms with van der Waals surface area (Å²) in [6.07, 6.45) is 0. The van der Waals surface area contributed by atoms with E-state index in [0.29, 0.717) is 12.6 Å². The van der Waals surface area contributed by atoms with E-state index in [0.717, 1.165) is 36.6 Å². The van der Waals surface area contributed by atoms with Gasteiger partial charge in [0.25, 0.3) is 0 Å². The largest absolute Gasteiger partial charge is 0.336 e. The molecule has 18 heavy (non-hydrogen) atoms. The molecule has 5 nitrogen and oxygen atoms in total. The maximum absolute atomic E-state index is 5.88. The van der Waals surface area contributed by atoms with Gasteiger partial charge in [-0.15, -0.1) is 0 Å². The monoisotopic (exact) mass is 245 g/mol. The molecule has 3 N–H and O–H groups in total. The lowest BCUT2D eigenvalue weighted by molar-refractivity contribution is 0.268. The third kappa shape index (κ3) is 1.95. The Morgan fingerprint density at radius 1 is 1.39 bits per heavy atom. The third-order valence-electron chi connectivity index (χ3n) is 3.61. The summed E-state index contributed by atoms with van der Waals surface area (Å²) >= 11 is 0. The van der Waals surface area contributed by atoms with Gasteiger partial charge in [0.2, 0.25) is 5.95 Å². The SMILES string of the molecule is CN1CCN(c2nc3ccccc3[nH]2)C(CN)C1. The fraction of sp³-hybridized carbons (Fsp3) is 0.462. The Balaban J connectivity index is 1.92. The molecular weight excluding hydrogens is 226 g/mol. The molecule has 1 saturated heterocycles. The number of hydrogen-bond acceptors (Lipinski definition) is 4. The number of piperazine rings is 1. The van der Waals surface area contributed by atoms with Crippen molar-refractivity contribution in [1.29, 1.82) is 0 Å². The van der Waals surface area contributed by atoms with E-state index in [9.17, 15) is 0 Å². The van der Waals surface area contributed by atoms with Crippen molar-refractivity contribution in [3.63, 3.8) is 0 Å². The zero-order chi connectivity index (χ0) is 12.5. The van der Waals surface area contributed by atoms with E-state index in [1.165, 1.54) is 0 Å². The minimum Gasteiger partial charge on any atom is -0.336 e. The second-order valence-corrected chi connectivity index (χ2v) is 4.92. The minimum atomic E-state index is 0.337. The number of aromatic nitrogens is 2. The number of rotatable bonds is 2. The maximum Gasteiger partial charge on any atom is 0.204 e. The number of nitrogens with zero attached hydrogens (tertiary/aromatic N) is 3. The molecule has 0 saturated carbocycles. The van der Waals surface area contributed by atoms with Crippen LogP contribution in [0, 0.1) is 0 Å². The average Bonchev–Trinajstić information content (AvgIpc) is 2.82. The van der Waals surface area contributed by atoms with E-state index < -0.39 is 0 Å². The second-order valence-electron chi connectivity index (χ2n) is 4.92. The fourth-order valence-corrected chi connectivity index (χ4v) is 2.57. The zero-order valence-corrected chi connectivity index (χ0v) is 10.6. The summed E-state index contributed by atoms with van der Waals surface area (Å²) in [6.45, 7) is 3.67. The molecule has 1 aliphatic heterocycles. The number of nitrogens with two attached hydrogens (primary N) is 1. The van der Waals surface area contributed by atoms with Gasteiger partial charge in [-0.25, -0.2) is 4.98 Å². The van der Waals surface area contributed by atoms with Crippen LogP contribution >= 0.6 is 0 Å². The van der Waals surface area contributed by atoms with E-state index in [4.69, 9.17) is 5.73 Å². The van der Waals surface area contributed by atoms with Gasteiger partial charge in [-0.2, -0.15) is 0 Å². The number of para-hydroxylation sites is 2. The Morgan fingerprint density at radius 2 is 2.22 bits per heavy atom. The van der Waals surface area contributed by atoms with Crippen LogP contribution in [0.5, 0.6) is 0 Å². The highest BCUT2D eigenvalue weighted by atomic mass is 15.3. The van der Waals surface area contributed by atoms with E-state index in [1.807, 2.05) is 18.2 Å². The first-order valence-corrected chi connectivity index (χ1v) is 6.38. The Labute approximate surface area is 107 Å². The molecule has 0 bridgehead atoms. The lowest BCUT2D eigenvalue weighted by Gasteiger charge is -2.39. The molecular formula is C13H19N5. The average molecular weight is 245 g/mol. The molecule has 0 radical (unpaired) electrons. The lowest BCUT2D eigenvalue weighted by atomic mass is 10.2. The number of nitrogens with one attached hydrogen (secondary N) is 1. The highest BCUT2D eigenvalue weighted by Gasteiger charge is 2.26. The highest BCUT2D eigenvalue weighted by molar-refractivity contribution is 5.77. The molecule has 1 aromatic heterocycles. The second kappa shape index (κ2) is 4.59. The van der Waals surface area contributed by atoms with Gasteiger partial charge < -0.3 is 20.5 Å². The van der Waals surface area contributed by atoms with Gasteiger partial charge in [-0.3, -0.25) is 0 Å². The predicted molar refractivity (Wildman–Crippen MR) is 73.8 cm³/mol. The Morgan fingerprint density at radius 3 is 3.00 bits per heavy atom. The molecule has 0 spiro atoms. The molecule has 1 atom stereocenters. The van der Waals surface area contributed by atoms with E-state index >= 15 is 0 Å². The van der Waals surface area contributed by atoms with Crippen molar-refractivity contribution in [2.75, 3.05) is 38.1 Å². The van der Waals surface area contributed by atoms with Gasteiger partial charge in [0.05, 0.1) is 17.1 Å². The number of fused-ring (bicyclic) bond motifs is 1. The number of aromatic amines is 1. The number of H-pyrrole nitrogens is 1. The van der Waals surface area contributed by atoms with Crippen molar-refractivity contribution in [1.82, 2.24) is 14.9 Å². The predicted octanol–water partition coefficient (Wildman–Crippen LogP) is 0.642.